The zero-order valence-corrected chi connectivity index (χ0v) is 19.2. The highest BCUT2D eigenvalue weighted by Crippen LogP contribution is 2.43. The van der Waals surface area contributed by atoms with E-state index >= 15 is 0 Å². The van der Waals surface area contributed by atoms with Gasteiger partial charge in [-0.3, -0.25) is 4.79 Å². The molecule has 0 saturated carbocycles. The third kappa shape index (κ3) is 4.61. The Balaban J connectivity index is 1.93. The molecule has 1 fully saturated rings. The van der Waals surface area contributed by atoms with Crippen molar-refractivity contribution in [3.63, 3.8) is 0 Å². The lowest BCUT2D eigenvalue weighted by Crippen LogP contribution is -2.19. The normalized spacial score (nSPS) is 16.3. The lowest BCUT2D eigenvalue weighted by atomic mass is 10.2. The van der Waals surface area contributed by atoms with E-state index in [0.717, 1.165) is 11.8 Å². The number of amidine groups is 1. The van der Waals surface area contributed by atoms with Crippen molar-refractivity contribution in [2.75, 3.05) is 7.11 Å². The molecule has 3 rings (SSSR count). The first-order chi connectivity index (χ1) is 13.7. The van der Waals surface area contributed by atoms with Crippen LogP contribution in [0.1, 0.15) is 15.9 Å². The van der Waals surface area contributed by atoms with Crippen LogP contribution < -0.4 is 10.1 Å². The minimum Gasteiger partial charge on any atom is -0.503 e. The largest absolute Gasteiger partial charge is 0.503 e. The summed E-state index contributed by atoms with van der Waals surface area (Å²) in [6, 6.07) is 5.89. The molecule has 3 N–H and O–H groups in total. The molecule has 2 aromatic rings. The number of nitrogens with one attached hydrogen (secondary N) is 1. The summed E-state index contributed by atoms with van der Waals surface area (Å²) in [6.45, 7) is 0. The standard InChI is InChI=1S/C18H11Br2ClN2O5S/c1-28-11-4-7(13(19)14(20)15(11)24)5-12-16(25)23-18(29-12)22-8-2-3-10(21)9(6-8)17(26)27/h2-6,24H,1H3,(H,26,27)(H,22,23,25)/b12-5-. The topological polar surface area (TPSA) is 108 Å². The number of thioether (sulfide) groups is 1. The van der Waals surface area contributed by atoms with Gasteiger partial charge in [-0.05, 0) is 79.5 Å². The van der Waals surface area contributed by atoms with Crippen molar-refractivity contribution in [1.29, 1.82) is 0 Å². The molecule has 0 spiro atoms. The van der Waals surface area contributed by atoms with E-state index in [0.29, 0.717) is 30.3 Å². The SMILES string of the molecule is COc1cc(/C=C2\SC(=Nc3ccc(Cl)c(C(=O)O)c3)NC2=O)c(Br)c(Br)c1O. The Labute approximate surface area is 191 Å². The Hall–Kier alpha value is -2.01. The molecule has 0 aliphatic carbocycles. The number of aromatic carboxylic acids is 1. The van der Waals surface area contributed by atoms with Crippen LogP contribution in [0.15, 0.2) is 43.1 Å². The number of aliphatic imine (C=N–C) groups is 1. The van der Waals surface area contributed by atoms with E-state index in [2.05, 4.69) is 42.2 Å². The number of carboxylic acids is 1. The number of ether oxygens (including phenoxy) is 1. The third-order valence-electron chi connectivity index (χ3n) is 3.74. The molecular weight excluding hydrogens is 552 g/mol. The van der Waals surface area contributed by atoms with Crippen LogP contribution in [0.2, 0.25) is 5.02 Å². The Morgan fingerprint density at radius 2 is 2.03 bits per heavy atom. The summed E-state index contributed by atoms with van der Waals surface area (Å²) in [5.41, 5.74) is 0.861. The smallest absolute Gasteiger partial charge is 0.337 e. The van der Waals surface area contributed by atoms with Crippen LogP contribution in [0, 0.1) is 0 Å². The molecule has 0 aromatic heterocycles. The van der Waals surface area contributed by atoms with Crippen LogP contribution in [0.25, 0.3) is 6.08 Å². The van der Waals surface area contributed by atoms with Gasteiger partial charge < -0.3 is 20.3 Å². The summed E-state index contributed by atoms with van der Waals surface area (Å²) >= 11 is 13.6. The molecule has 1 aliphatic heterocycles. The van der Waals surface area contributed by atoms with E-state index in [9.17, 15) is 14.7 Å². The maximum Gasteiger partial charge on any atom is 0.337 e. The highest BCUT2D eigenvalue weighted by molar-refractivity contribution is 9.13. The first-order valence-corrected chi connectivity index (χ1v) is 10.6. The second kappa shape index (κ2) is 8.78. The molecular formula is C18H11Br2ClN2O5S. The fourth-order valence-electron chi connectivity index (χ4n) is 2.36. The first-order valence-electron chi connectivity index (χ1n) is 7.78. The number of carboxylic acid groups (broad SMARTS) is 1. The molecule has 0 radical (unpaired) electrons. The average molecular weight is 563 g/mol. The van der Waals surface area contributed by atoms with Crippen LogP contribution in [0.3, 0.4) is 0 Å². The number of hydrogen-bond acceptors (Lipinski definition) is 6. The number of phenolic OH excluding ortho intramolecular Hbond substituents is 1. The number of halogens is 3. The lowest BCUT2D eigenvalue weighted by Gasteiger charge is -2.10. The van der Waals surface area contributed by atoms with Crippen molar-refractivity contribution in [2.24, 2.45) is 4.99 Å². The second-order valence-corrected chi connectivity index (χ2v) is 8.62. The molecule has 150 valence electrons. The minimum atomic E-state index is -1.17. The van der Waals surface area contributed by atoms with Crippen molar-refractivity contribution >= 4 is 84.0 Å². The molecule has 0 unspecified atom stereocenters. The number of aromatic hydroxyl groups is 1. The van der Waals surface area contributed by atoms with E-state index in [1.807, 2.05) is 0 Å². The number of hydrogen-bond donors (Lipinski definition) is 3. The Morgan fingerprint density at radius 3 is 2.69 bits per heavy atom. The molecule has 1 heterocycles. The lowest BCUT2D eigenvalue weighted by molar-refractivity contribution is -0.115. The van der Waals surface area contributed by atoms with Gasteiger partial charge in [-0.25, -0.2) is 9.79 Å². The molecule has 29 heavy (non-hydrogen) atoms. The monoisotopic (exact) mass is 560 g/mol. The molecule has 1 amide bonds. The van der Waals surface area contributed by atoms with Gasteiger partial charge in [-0.15, -0.1) is 0 Å². The number of carbonyl (C=O) groups is 2. The zero-order chi connectivity index (χ0) is 21.3. The predicted octanol–water partition coefficient (Wildman–Crippen LogP) is 5.17. The van der Waals surface area contributed by atoms with Crippen molar-refractivity contribution < 1.29 is 24.5 Å². The molecule has 1 saturated heterocycles. The maximum absolute atomic E-state index is 12.3. The molecule has 2 aromatic carbocycles. The fraction of sp³-hybridized carbons (Fsp3) is 0.0556. The summed E-state index contributed by atoms with van der Waals surface area (Å²) < 4.78 is 6.07. The number of nitrogens with zero attached hydrogens (tertiary/aromatic N) is 1. The van der Waals surface area contributed by atoms with Gasteiger partial charge >= 0.3 is 5.97 Å². The van der Waals surface area contributed by atoms with E-state index in [1.165, 1.54) is 19.2 Å². The van der Waals surface area contributed by atoms with E-state index < -0.39 is 5.97 Å². The fourth-order valence-corrected chi connectivity index (χ4v) is 4.23. The summed E-state index contributed by atoms with van der Waals surface area (Å²) in [5.74, 6) is -1.36. The highest BCUT2D eigenvalue weighted by Gasteiger charge is 2.25. The average Bonchev–Trinajstić information content (AvgIpc) is 3.02. The van der Waals surface area contributed by atoms with E-state index in [1.54, 1.807) is 18.2 Å². The van der Waals surface area contributed by atoms with Crippen LogP contribution in [0.5, 0.6) is 11.5 Å². The predicted molar refractivity (Wildman–Crippen MR) is 119 cm³/mol. The summed E-state index contributed by atoms with van der Waals surface area (Å²) in [7, 11) is 1.42. The van der Waals surface area contributed by atoms with Gasteiger partial charge in [0.2, 0.25) is 0 Å². The van der Waals surface area contributed by atoms with Crippen molar-refractivity contribution in [3.05, 3.63) is 54.3 Å². The zero-order valence-electron chi connectivity index (χ0n) is 14.5. The van der Waals surface area contributed by atoms with Crippen molar-refractivity contribution in [3.8, 4) is 11.5 Å². The second-order valence-electron chi connectivity index (χ2n) is 5.60. The van der Waals surface area contributed by atoms with E-state index in [-0.39, 0.29) is 28.0 Å². The number of methoxy groups -OCH3 is 1. The van der Waals surface area contributed by atoms with Crippen LogP contribution >= 0.6 is 55.2 Å². The highest BCUT2D eigenvalue weighted by atomic mass is 79.9. The van der Waals surface area contributed by atoms with Crippen LogP contribution in [0.4, 0.5) is 5.69 Å². The molecule has 11 heteroatoms. The van der Waals surface area contributed by atoms with Gasteiger partial charge in [0.05, 0.1) is 32.8 Å². The molecule has 0 bridgehead atoms. The van der Waals surface area contributed by atoms with Gasteiger partial charge in [-0.2, -0.15) is 0 Å². The van der Waals surface area contributed by atoms with E-state index in [4.69, 9.17) is 21.4 Å². The Morgan fingerprint density at radius 1 is 1.31 bits per heavy atom. The number of carbonyl (C=O) groups excluding carboxylic acids is 1. The number of phenols is 1. The summed E-state index contributed by atoms with van der Waals surface area (Å²) in [4.78, 5) is 28.2. The van der Waals surface area contributed by atoms with Crippen LogP contribution in [-0.2, 0) is 4.79 Å². The summed E-state index contributed by atoms with van der Waals surface area (Å²) in [6.07, 6.45) is 1.61. The molecule has 7 nitrogen and oxygen atoms in total. The summed E-state index contributed by atoms with van der Waals surface area (Å²) in [5, 5.41) is 22.2. The van der Waals surface area contributed by atoms with Crippen molar-refractivity contribution in [2.45, 2.75) is 0 Å². The van der Waals surface area contributed by atoms with Gasteiger partial charge in [0.1, 0.15) is 0 Å². The van der Waals surface area contributed by atoms with Crippen molar-refractivity contribution in [1.82, 2.24) is 5.32 Å². The quantitative estimate of drug-likeness (QED) is 0.444. The molecule has 1 aliphatic rings. The van der Waals surface area contributed by atoms with Gasteiger partial charge in [0.15, 0.2) is 16.7 Å². The Kier molecular flexibility index (Phi) is 6.57. The van der Waals surface area contributed by atoms with Gasteiger partial charge in [0.25, 0.3) is 5.91 Å². The third-order valence-corrected chi connectivity index (χ3v) is 7.14. The van der Waals surface area contributed by atoms with Gasteiger partial charge in [-0.1, -0.05) is 11.6 Å². The minimum absolute atomic E-state index is 0.0655. The number of amides is 1. The molecule has 0 atom stereocenters. The number of benzene rings is 2. The van der Waals surface area contributed by atoms with Crippen LogP contribution in [-0.4, -0.2) is 34.4 Å². The van der Waals surface area contributed by atoms with Gasteiger partial charge in [0, 0.05) is 4.47 Å². The first kappa shape index (κ1) is 21.7. The number of rotatable bonds is 4. The maximum atomic E-state index is 12.3. The Bertz CT molecular complexity index is 1100.